The van der Waals surface area contributed by atoms with Gasteiger partial charge in [-0.1, -0.05) is 13.8 Å². The molecule has 0 saturated carbocycles. The van der Waals surface area contributed by atoms with Gasteiger partial charge in [-0.05, 0) is 18.2 Å². The van der Waals surface area contributed by atoms with Crippen LogP contribution < -0.4 is 0 Å². The van der Waals surface area contributed by atoms with Crippen LogP contribution in [0.25, 0.3) is 0 Å². The lowest BCUT2D eigenvalue weighted by atomic mass is 10.5. The number of hydrogen-bond acceptors (Lipinski definition) is 3. The van der Waals surface area contributed by atoms with Crippen molar-refractivity contribution in [3.05, 3.63) is 55.1 Å². The van der Waals surface area contributed by atoms with Crippen LogP contribution in [0, 0.1) is 5.82 Å². The molecule has 0 atom stereocenters. The lowest BCUT2D eigenvalue weighted by Gasteiger charge is -1.78. The maximum atomic E-state index is 11.8. The molecule has 0 radical (unpaired) electrons. The molecule has 2 aromatic heterocycles. The van der Waals surface area contributed by atoms with E-state index in [-0.39, 0.29) is 5.82 Å². The zero-order valence-electron chi connectivity index (χ0n) is 8.84. The van der Waals surface area contributed by atoms with Crippen LogP contribution in [0.4, 0.5) is 4.39 Å². The van der Waals surface area contributed by atoms with Gasteiger partial charge in [-0.25, -0.2) is 14.4 Å². The van der Waals surface area contributed by atoms with Crippen molar-refractivity contribution in [1.29, 1.82) is 0 Å². The lowest BCUT2D eigenvalue weighted by molar-refractivity contribution is 0.621. The summed E-state index contributed by atoms with van der Waals surface area (Å²) in [6.45, 7) is 4.00. The third-order valence-electron chi connectivity index (χ3n) is 1.10. The summed E-state index contributed by atoms with van der Waals surface area (Å²) < 4.78 is 11.8. The van der Waals surface area contributed by atoms with Crippen LogP contribution >= 0.6 is 0 Å². The van der Waals surface area contributed by atoms with E-state index in [4.69, 9.17) is 0 Å². The summed E-state index contributed by atoms with van der Waals surface area (Å²) in [4.78, 5) is 10.9. The molecule has 0 fully saturated rings. The van der Waals surface area contributed by atoms with E-state index in [1.54, 1.807) is 24.5 Å². The van der Waals surface area contributed by atoms with Gasteiger partial charge in [-0.15, -0.1) is 0 Å². The molecule has 0 aliphatic heterocycles. The molecule has 2 heterocycles. The Balaban J connectivity index is 0.000000227. The normalized spacial score (nSPS) is 7.67. The van der Waals surface area contributed by atoms with Crippen LogP contribution in [0.2, 0.25) is 0 Å². The van der Waals surface area contributed by atoms with Crippen molar-refractivity contribution in [3.8, 4) is 0 Å². The smallest absolute Gasteiger partial charge is 0.141 e. The van der Waals surface area contributed by atoms with E-state index in [0.29, 0.717) is 0 Å². The molecule has 0 saturated heterocycles. The van der Waals surface area contributed by atoms with Gasteiger partial charge in [0.1, 0.15) is 12.1 Å². The van der Waals surface area contributed by atoms with E-state index >= 15 is 0 Å². The average molecular weight is 207 g/mol. The summed E-state index contributed by atoms with van der Waals surface area (Å²) in [7, 11) is 0. The van der Waals surface area contributed by atoms with Gasteiger partial charge in [0.2, 0.25) is 0 Å². The first-order chi connectivity index (χ1) is 7.39. The van der Waals surface area contributed by atoms with Crippen molar-refractivity contribution in [3.63, 3.8) is 0 Å². The monoisotopic (exact) mass is 207 g/mol. The summed E-state index contributed by atoms with van der Waals surface area (Å²) in [5.41, 5.74) is 0. The van der Waals surface area contributed by atoms with Gasteiger partial charge in [0.15, 0.2) is 0 Å². The zero-order valence-corrected chi connectivity index (χ0v) is 8.84. The number of aromatic nitrogens is 3. The maximum absolute atomic E-state index is 11.8. The molecule has 0 bridgehead atoms. The Hall–Kier alpha value is -1.84. The highest BCUT2D eigenvalue weighted by atomic mass is 19.1. The summed E-state index contributed by atoms with van der Waals surface area (Å²) in [5, 5.41) is 0. The lowest BCUT2D eigenvalue weighted by Crippen LogP contribution is -1.70. The second kappa shape index (κ2) is 10.2. The van der Waals surface area contributed by atoms with E-state index < -0.39 is 0 Å². The van der Waals surface area contributed by atoms with E-state index in [0.717, 1.165) is 0 Å². The number of pyridine rings is 1. The van der Waals surface area contributed by atoms with Gasteiger partial charge in [0.25, 0.3) is 0 Å². The van der Waals surface area contributed by atoms with Gasteiger partial charge >= 0.3 is 0 Å². The third kappa shape index (κ3) is 8.49. The Morgan fingerprint density at radius 1 is 0.933 bits per heavy atom. The molecular formula is C11H14FN3. The quantitative estimate of drug-likeness (QED) is 0.666. The van der Waals surface area contributed by atoms with E-state index in [1.807, 2.05) is 13.8 Å². The fraction of sp³-hybridized carbons (Fsp3) is 0.182. The third-order valence-corrected chi connectivity index (χ3v) is 1.10. The Kier molecular flexibility index (Phi) is 8.99. The predicted octanol–water partition coefficient (Wildman–Crippen LogP) is 2.72. The van der Waals surface area contributed by atoms with Crippen molar-refractivity contribution < 1.29 is 4.39 Å². The number of halogens is 1. The molecule has 0 amide bonds. The molecule has 2 aromatic rings. The van der Waals surface area contributed by atoms with Crippen LogP contribution in [-0.2, 0) is 0 Å². The summed E-state index contributed by atoms with van der Waals surface area (Å²) in [6.07, 6.45) is 7.57. The minimum absolute atomic E-state index is 0.289. The predicted molar refractivity (Wildman–Crippen MR) is 57.6 cm³/mol. The molecule has 0 aliphatic carbocycles. The first kappa shape index (κ1) is 13.2. The van der Waals surface area contributed by atoms with Crippen LogP contribution in [-0.4, -0.2) is 15.0 Å². The molecule has 0 spiro atoms. The highest BCUT2D eigenvalue weighted by Crippen LogP contribution is 1.88. The van der Waals surface area contributed by atoms with Crippen LogP contribution in [0.3, 0.4) is 0 Å². The van der Waals surface area contributed by atoms with Crippen molar-refractivity contribution in [2.24, 2.45) is 0 Å². The Bertz CT molecular complexity index is 286. The SMILES string of the molecule is CC.Fc1cccnc1.c1cncnc1. The maximum Gasteiger partial charge on any atom is 0.141 e. The van der Waals surface area contributed by atoms with Gasteiger partial charge in [0, 0.05) is 18.6 Å². The van der Waals surface area contributed by atoms with E-state index in [1.165, 1.54) is 24.8 Å². The van der Waals surface area contributed by atoms with Gasteiger partial charge in [0.05, 0.1) is 6.20 Å². The molecule has 0 aromatic carbocycles. The average Bonchev–Trinajstić information content (AvgIpc) is 2.36. The summed E-state index contributed by atoms with van der Waals surface area (Å²) >= 11 is 0. The largest absolute Gasteiger partial charge is 0.262 e. The topological polar surface area (TPSA) is 38.7 Å². The fourth-order valence-corrected chi connectivity index (χ4v) is 0.595. The van der Waals surface area contributed by atoms with Crippen molar-refractivity contribution in [2.75, 3.05) is 0 Å². The highest BCUT2D eigenvalue weighted by Gasteiger charge is 1.78. The van der Waals surface area contributed by atoms with Crippen molar-refractivity contribution >= 4 is 0 Å². The molecule has 4 heteroatoms. The Labute approximate surface area is 89.1 Å². The molecule has 0 aliphatic rings. The first-order valence-corrected chi connectivity index (χ1v) is 4.65. The summed E-state index contributed by atoms with van der Waals surface area (Å²) in [6, 6.07) is 4.68. The molecule has 80 valence electrons. The van der Waals surface area contributed by atoms with Crippen molar-refractivity contribution in [2.45, 2.75) is 13.8 Å². The molecule has 3 nitrogen and oxygen atoms in total. The van der Waals surface area contributed by atoms with Gasteiger partial charge in [-0.3, -0.25) is 4.98 Å². The molecular weight excluding hydrogens is 193 g/mol. The number of nitrogens with zero attached hydrogens (tertiary/aromatic N) is 3. The van der Waals surface area contributed by atoms with E-state index in [9.17, 15) is 4.39 Å². The molecule has 0 N–H and O–H groups in total. The van der Waals surface area contributed by atoms with Gasteiger partial charge in [-0.2, -0.15) is 0 Å². The van der Waals surface area contributed by atoms with Crippen LogP contribution in [0.15, 0.2) is 49.3 Å². The van der Waals surface area contributed by atoms with Gasteiger partial charge < -0.3 is 0 Å². The van der Waals surface area contributed by atoms with E-state index in [2.05, 4.69) is 15.0 Å². The number of rotatable bonds is 0. The highest BCUT2D eigenvalue weighted by molar-refractivity contribution is 4.92. The molecule has 2 rings (SSSR count). The van der Waals surface area contributed by atoms with Crippen molar-refractivity contribution in [1.82, 2.24) is 15.0 Å². The molecule has 15 heavy (non-hydrogen) atoms. The Morgan fingerprint density at radius 2 is 1.53 bits per heavy atom. The second-order valence-electron chi connectivity index (χ2n) is 2.08. The second-order valence-corrected chi connectivity index (χ2v) is 2.08. The van der Waals surface area contributed by atoms with Crippen LogP contribution in [0.5, 0.6) is 0 Å². The molecule has 0 unspecified atom stereocenters. The fourth-order valence-electron chi connectivity index (χ4n) is 0.595. The van der Waals surface area contributed by atoms with Crippen LogP contribution in [0.1, 0.15) is 13.8 Å². The standard InChI is InChI=1S/C5H4FN.C4H4N2.C2H6/c6-5-2-1-3-7-4-5;1-2-5-4-6-3-1;1-2/h1-4H;1-4H;1-2H3. The Morgan fingerprint density at radius 3 is 1.73 bits per heavy atom. The minimum atomic E-state index is -0.289. The number of hydrogen-bond donors (Lipinski definition) is 0. The minimum Gasteiger partial charge on any atom is -0.262 e. The summed E-state index contributed by atoms with van der Waals surface area (Å²) in [5.74, 6) is -0.289. The zero-order chi connectivity index (χ0) is 11.4. The first-order valence-electron chi connectivity index (χ1n) is 4.65.